The van der Waals surface area contributed by atoms with E-state index in [1.807, 2.05) is 68.4 Å². The molecular weight excluding hydrogens is 362 g/mol. The molecule has 0 aliphatic rings. The second-order valence-electron chi connectivity index (χ2n) is 9.11. The van der Waals surface area contributed by atoms with Crippen molar-refractivity contribution in [1.29, 1.82) is 0 Å². The van der Waals surface area contributed by atoms with E-state index >= 15 is 0 Å². The highest BCUT2D eigenvalue weighted by Gasteiger charge is 1.69. The van der Waals surface area contributed by atoms with Crippen LogP contribution in [0.5, 0.6) is 0 Å². The Morgan fingerprint density at radius 1 is 0.333 bits per heavy atom. The molecule has 0 aliphatic heterocycles. The molecule has 2 rings (SSSR count). The molecule has 1 aromatic carbocycles. The fraction of sp³-hybridized carbons (Fsp3) is 0.621. The minimum absolute atomic E-state index is 0.833. The predicted octanol–water partition coefficient (Wildman–Crippen LogP) is 10.4. The maximum Gasteiger partial charge on any atom is 0.0267 e. The molecule has 2 aromatic rings. The molecule has 0 saturated heterocycles. The van der Waals surface area contributed by atoms with E-state index in [9.17, 15) is 0 Å². The molecule has 178 valence electrons. The summed E-state index contributed by atoms with van der Waals surface area (Å²) < 4.78 is 0. The lowest BCUT2D eigenvalue weighted by molar-refractivity contribution is 0.736. The van der Waals surface area contributed by atoms with Crippen LogP contribution in [0, 0.1) is 23.7 Å². The first kappa shape index (κ1) is 38.9. The molecule has 0 amide bonds. The Hall–Kier alpha value is -1.63. The molecule has 0 radical (unpaired) electrons. The van der Waals surface area contributed by atoms with Crippen LogP contribution in [0.2, 0.25) is 0 Å². The summed E-state index contributed by atoms with van der Waals surface area (Å²) in [6.45, 7) is 30.0. The molecule has 0 fully saturated rings. The van der Waals surface area contributed by atoms with Crippen molar-refractivity contribution in [1.82, 2.24) is 4.98 Å². The van der Waals surface area contributed by atoms with Crippen molar-refractivity contribution in [2.24, 2.45) is 23.7 Å². The fourth-order valence-corrected chi connectivity index (χ4v) is 0.698. The van der Waals surface area contributed by atoms with Crippen molar-refractivity contribution in [2.45, 2.75) is 96.9 Å². The van der Waals surface area contributed by atoms with E-state index < -0.39 is 0 Å². The molecular formula is C29H57N. The van der Waals surface area contributed by atoms with E-state index in [-0.39, 0.29) is 0 Å². The molecule has 30 heavy (non-hydrogen) atoms. The van der Waals surface area contributed by atoms with Crippen LogP contribution in [0.1, 0.15) is 96.9 Å². The van der Waals surface area contributed by atoms with Crippen LogP contribution in [0.15, 0.2) is 67.0 Å². The highest BCUT2D eigenvalue weighted by molar-refractivity contribution is 4.99. The smallest absolute Gasteiger partial charge is 0.0267 e. The van der Waals surface area contributed by atoms with Crippen molar-refractivity contribution >= 4 is 0 Å². The largest absolute Gasteiger partial charge is 0.265 e. The van der Waals surface area contributed by atoms with Crippen molar-refractivity contribution in [3.05, 3.63) is 67.0 Å². The Morgan fingerprint density at radius 2 is 0.467 bits per heavy atom. The number of aromatic nitrogens is 1. The van der Waals surface area contributed by atoms with Crippen molar-refractivity contribution in [3.8, 4) is 0 Å². The van der Waals surface area contributed by atoms with Crippen molar-refractivity contribution < 1.29 is 0 Å². The van der Waals surface area contributed by atoms with Gasteiger partial charge in [-0.05, 0) is 35.8 Å². The van der Waals surface area contributed by atoms with Gasteiger partial charge in [0.15, 0.2) is 0 Å². The third-order valence-corrected chi connectivity index (χ3v) is 1.23. The summed E-state index contributed by atoms with van der Waals surface area (Å²) in [5.74, 6) is 3.33. The van der Waals surface area contributed by atoms with Gasteiger partial charge < -0.3 is 0 Å². The molecule has 0 N–H and O–H groups in total. The van der Waals surface area contributed by atoms with Gasteiger partial charge in [0.25, 0.3) is 0 Å². The van der Waals surface area contributed by atoms with Gasteiger partial charge in [0.1, 0.15) is 0 Å². The molecule has 1 heteroatoms. The Kier molecular flexibility index (Phi) is 49.3. The van der Waals surface area contributed by atoms with E-state index in [1.54, 1.807) is 12.4 Å². The monoisotopic (exact) mass is 419 g/mol. The molecule has 0 atom stereocenters. The van der Waals surface area contributed by atoms with Crippen molar-refractivity contribution in [2.75, 3.05) is 0 Å². The van der Waals surface area contributed by atoms with Crippen LogP contribution in [0.3, 0.4) is 0 Å². The van der Waals surface area contributed by atoms with Gasteiger partial charge in [-0.1, -0.05) is 139 Å². The standard InChI is InChI=1S/C6H6.C5H5N.4C4H10.C2H6/c2*1-2-4-6-5-3-1;4*1-4(2)3;1-2/h1-6H;1-5H;4*4H,1-3H3;1-2H3. The predicted molar refractivity (Wildman–Crippen MR) is 144 cm³/mol. The van der Waals surface area contributed by atoms with Gasteiger partial charge in [0.2, 0.25) is 0 Å². The van der Waals surface area contributed by atoms with Gasteiger partial charge in [0, 0.05) is 12.4 Å². The summed E-state index contributed by atoms with van der Waals surface area (Å²) in [7, 11) is 0. The van der Waals surface area contributed by atoms with E-state index in [1.165, 1.54) is 0 Å². The van der Waals surface area contributed by atoms with Crippen LogP contribution in [-0.2, 0) is 0 Å². The van der Waals surface area contributed by atoms with Crippen LogP contribution in [0.25, 0.3) is 0 Å². The van der Waals surface area contributed by atoms with Crippen LogP contribution in [-0.4, -0.2) is 4.98 Å². The Balaban J connectivity index is -0.0000000831. The zero-order valence-electron chi connectivity index (χ0n) is 23.1. The lowest BCUT2D eigenvalue weighted by Gasteiger charge is -1.79. The third kappa shape index (κ3) is 158. The summed E-state index contributed by atoms with van der Waals surface area (Å²) >= 11 is 0. The van der Waals surface area contributed by atoms with Gasteiger partial charge in [-0.3, -0.25) is 4.98 Å². The summed E-state index contributed by atoms with van der Waals surface area (Å²) in [4.78, 5) is 3.78. The highest BCUT2D eigenvalue weighted by Crippen LogP contribution is 1.82. The molecule has 1 aromatic heterocycles. The second kappa shape index (κ2) is 38.0. The Morgan fingerprint density at radius 3 is 0.533 bits per heavy atom. The van der Waals surface area contributed by atoms with Crippen LogP contribution in [0.4, 0.5) is 0 Å². The zero-order valence-corrected chi connectivity index (χ0v) is 23.1. The number of pyridine rings is 1. The van der Waals surface area contributed by atoms with Gasteiger partial charge in [-0.15, -0.1) is 0 Å². The number of hydrogen-bond acceptors (Lipinski definition) is 1. The molecule has 0 saturated carbocycles. The topological polar surface area (TPSA) is 12.9 Å². The molecule has 0 unspecified atom stereocenters. The molecule has 0 spiro atoms. The Labute approximate surface area is 192 Å². The average molecular weight is 420 g/mol. The average Bonchev–Trinajstić information content (AvgIpc) is 2.65. The molecule has 1 nitrogen and oxygen atoms in total. The number of benzene rings is 1. The maximum atomic E-state index is 3.78. The maximum absolute atomic E-state index is 3.78. The van der Waals surface area contributed by atoms with E-state index in [2.05, 4.69) is 88.1 Å². The SMILES string of the molecule is CC.CC(C)C.CC(C)C.CC(C)C.CC(C)C.c1ccccc1.c1ccncc1. The summed E-state index contributed by atoms with van der Waals surface area (Å²) in [5.41, 5.74) is 0. The van der Waals surface area contributed by atoms with E-state index in [0.717, 1.165) is 23.7 Å². The summed E-state index contributed by atoms with van der Waals surface area (Å²) in [6, 6.07) is 17.7. The van der Waals surface area contributed by atoms with Crippen molar-refractivity contribution in [3.63, 3.8) is 0 Å². The number of nitrogens with zero attached hydrogens (tertiary/aromatic N) is 1. The van der Waals surface area contributed by atoms with Gasteiger partial charge in [0.05, 0.1) is 0 Å². The molecule has 0 bridgehead atoms. The minimum Gasteiger partial charge on any atom is -0.265 e. The van der Waals surface area contributed by atoms with E-state index in [0.29, 0.717) is 0 Å². The normalized spacial score (nSPS) is 8.20. The first-order chi connectivity index (χ1) is 13.9. The van der Waals surface area contributed by atoms with Gasteiger partial charge in [-0.2, -0.15) is 0 Å². The summed E-state index contributed by atoms with van der Waals surface area (Å²) in [5, 5.41) is 0. The number of hydrogen-bond donors (Lipinski definition) is 0. The van der Waals surface area contributed by atoms with Crippen LogP contribution < -0.4 is 0 Å². The zero-order chi connectivity index (χ0) is 24.8. The third-order valence-electron chi connectivity index (χ3n) is 1.23. The summed E-state index contributed by atoms with van der Waals surface area (Å²) in [6.07, 6.45) is 3.50. The van der Waals surface area contributed by atoms with Gasteiger partial charge in [-0.25, -0.2) is 0 Å². The molecule has 1 heterocycles. The van der Waals surface area contributed by atoms with Gasteiger partial charge >= 0.3 is 0 Å². The number of rotatable bonds is 0. The minimum atomic E-state index is 0.833. The first-order valence-corrected chi connectivity index (χ1v) is 11.8. The molecule has 0 aliphatic carbocycles. The lowest BCUT2D eigenvalue weighted by atomic mass is 10.3. The second-order valence-corrected chi connectivity index (χ2v) is 9.11. The van der Waals surface area contributed by atoms with Crippen LogP contribution >= 0.6 is 0 Å². The quantitative estimate of drug-likeness (QED) is 0.413. The highest BCUT2D eigenvalue weighted by atomic mass is 14.6. The first-order valence-electron chi connectivity index (χ1n) is 11.8. The Bertz CT molecular complexity index is 299. The van der Waals surface area contributed by atoms with E-state index in [4.69, 9.17) is 0 Å². The fourth-order valence-electron chi connectivity index (χ4n) is 0.698. The lowest BCUT2D eigenvalue weighted by Crippen LogP contribution is -1.66.